The average molecular weight is 283 g/mol. The van der Waals surface area contributed by atoms with E-state index in [0.717, 1.165) is 19.2 Å². The zero-order chi connectivity index (χ0) is 14.7. The Labute approximate surface area is 116 Å². The normalized spacial score (nSPS) is 18.1. The number of piperazine rings is 1. The van der Waals surface area contributed by atoms with Gasteiger partial charge in [0.05, 0.1) is 22.8 Å². The number of aliphatic hydroxyl groups is 1. The highest BCUT2D eigenvalue weighted by Crippen LogP contribution is 2.24. The fourth-order valence-corrected chi connectivity index (χ4v) is 2.41. The van der Waals surface area contributed by atoms with Crippen molar-refractivity contribution in [3.63, 3.8) is 0 Å². The van der Waals surface area contributed by atoms with E-state index < -0.39 is 10.7 Å². The smallest absolute Gasteiger partial charge is 0.272 e. The number of β-amino-alcohol motifs (C(OH)–C–C–N with tert-alkyl or cyclic N) is 1. The minimum Gasteiger partial charge on any atom is -0.392 e. The second kappa shape index (κ2) is 6.15. The van der Waals surface area contributed by atoms with Crippen LogP contribution in [-0.4, -0.2) is 53.8 Å². The molecule has 1 aliphatic heterocycles. The van der Waals surface area contributed by atoms with Crippen LogP contribution in [-0.2, 0) is 0 Å². The van der Waals surface area contributed by atoms with Crippen LogP contribution in [0, 0.1) is 15.9 Å². The number of benzene rings is 1. The molecule has 2 rings (SSSR count). The molecule has 20 heavy (non-hydrogen) atoms. The third-order valence-corrected chi connectivity index (χ3v) is 3.38. The first kappa shape index (κ1) is 14.7. The SMILES string of the molecule is C[C@@H](O)CN1CCN(c2ccc([N+](=O)[O-])cc2F)CC1. The Morgan fingerprint density at radius 2 is 2.05 bits per heavy atom. The summed E-state index contributed by atoms with van der Waals surface area (Å²) >= 11 is 0. The third kappa shape index (κ3) is 3.43. The van der Waals surface area contributed by atoms with E-state index in [2.05, 4.69) is 4.90 Å². The van der Waals surface area contributed by atoms with Crippen LogP contribution in [0.2, 0.25) is 0 Å². The van der Waals surface area contributed by atoms with E-state index in [4.69, 9.17) is 0 Å². The summed E-state index contributed by atoms with van der Waals surface area (Å²) in [7, 11) is 0. The predicted molar refractivity (Wildman–Crippen MR) is 73.4 cm³/mol. The third-order valence-electron chi connectivity index (χ3n) is 3.38. The summed E-state index contributed by atoms with van der Waals surface area (Å²) in [6.07, 6.45) is -0.377. The van der Waals surface area contributed by atoms with Crippen molar-refractivity contribution in [1.29, 1.82) is 0 Å². The van der Waals surface area contributed by atoms with Gasteiger partial charge in [-0.05, 0) is 13.0 Å². The van der Waals surface area contributed by atoms with Gasteiger partial charge in [-0.15, -0.1) is 0 Å². The molecule has 110 valence electrons. The van der Waals surface area contributed by atoms with Gasteiger partial charge in [-0.25, -0.2) is 4.39 Å². The number of aliphatic hydroxyl groups excluding tert-OH is 1. The van der Waals surface area contributed by atoms with Crippen LogP contribution in [0.1, 0.15) is 6.92 Å². The molecule has 0 unspecified atom stereocenters. The van der Waals surface area contributed by atoms with E-state index >= 15 is 0 Å². The van der Waals surface area contributed by atoms with Crippen molar-refractivity contribution in [2.24, 2.45) is 0 Å². The van der Waals surface area contributed by atoms with Crippen LogP contribution >= 0.6 is 0 Å². The molecule has 1 aromatic carbocycles. The second-order valence-corrected chi connectivity index (χ2v) is 5.03. The van der Waals surface area contributed by atoms with Gasteiger partial charge in [-0.2, -0.15) is 0 Å². The molecule has 0 aliphatic carbocycles. The fraction of sp³-hybridized carbons (Fsp3) is 0.538. The molecule has 1 N–H and O–H groups in total. The van der Waals surface area contributed by atoms with Gasteiger partial charge in [0.2, 0.25) is 0 Å². The summed E-state index contributed by atoms with van der Waals surface area (Å²) in [4.78, 5) is 14.0. The number of non-ortho nitro benzene ring substituents is 1. The van der Waals surface area contributed by atoms with Crippen molar-refractivity contribution in [2.45, 2.75) is 13.0 Å². The van der Waals surface area contributed by atoms with Gasteiger partial charge < -0.3 is 10.0 Å². The molecule has 0 aromatic heterocycles. The topological polar surface area (TPSA) is 69.8 Å². The predicted octanol–water partition coefficient (Wildman–Crippen LogP) is 1.24. The highest BCUT2D eigenvalue weighted by atomic mass is 19.1. The minimum atomic E-state index is -0.604. The first-order valence-corrected chi connectivity index (χ1v) is 6.56. The highest BCUT2D eigenvalue weighted by molar-refractivity contribution is 5.52. The van der Waals surface area contributed by atoms with Crippen LogP contribution in [0.5, 0.6) is 0 Å². The molecule has 1 heterocycles. The average Bonchev–Trinajstić information content (AvgIpc) is 2.39. The van der Waals surface area contributed by atoms with Crippen LogP contribution in [0.25, 0.3) is 0 Å². The lowest BCUT2D eigenvalue weighted by Gasteiger charge is -2.36. The maximum Gasteiger partial charge on any atom is 0.272 e. The largest absolute Gasteiger partial charge is 0.392 e. The molecule has 1 saturated heterocycles. The van der Waals surface area contributed by atoms with Gasteiger partial charge in [-0.3, -0.25) is 15.0 Å². The quantitative estimate of drug-likeness (QED) is 0.665. The van der Waals surface area contributed by atoms with E-state index in [1.165, 1.54) is 12.1 Å². The zero-order valence-corrected chi connectivity index (χ0v) is 11.3. The van der Waals surface area contributed by atoms with Crippen molar-refractivity contribution in [1.82, 2.24) is 4.90 Å². The van der Waals surface area contributed by atoms with Crippen molar-refractivity contribution < 1.29 is 14.4 Å². The minimum absolute atomic E-state index is 0.237. The molecule has 0 amide bonds. The second-order valence-electron chi connectivity index (χ2n) is 5.03. The number of hydrogen-bond donors (Lipinski definition) is 1. The molecule has 1 aromatic rings. The van der Waals surface area contributed by atoms with Gasteiger partial charge in [0.15, 0.2) is 5.82 Å². The van der Waals surface area contributed by atoms with E-state index in [1.54, 1.807) is 6.92 Å². The lowest BCUT2D eigenvalue weighted by molar-refractivity contribution is -0.385. The van der Waals surface area contributed by atoms with Gasteiger partial charge in [0.25, 0.3) is 5.69 Å². The number of hydrogen-bond acceptors (Lipinski definition) is 5. The Hall–Kier alpha value is -1.73. The number of halogens is 1. The van der Waals surface area contributed by atoms with E-state index in [-0.39, 0.29) is 11.8 Å². The molecule has 0 bridgehead atoms. The van der Waals surface area contributed by atoms with Gasteiger partial charge >= 0.3 is 0 Å². The van der Waals surface area contributed by atoms with Gasteiger partial charge in [-0.1, -0.05) is 0 Å². The Kier molecular flexibility index (Phi) is 4.51. The van der Waals surface area contributed by atoms with Crippen molar-refractivity contribution in [3.05, 3.63) is 34.1 Å². The summed E-state index contributed by atoms with van der Waals surface area (Å²) < 4.78 is 13.9. The molecule has 6 nitrogen and oxygen atoms in total. The first-order valence-electron chi connectivity index (χ1n) is 6.56. The summed E-state index contributed by atoms with van der Waals surface area (Å²) in [6.45, 7) is 5.10. The number of nitro groups is 1. The van der Waals surface area contributed by atoms with E-state index in [0.29, 0.717) is 25.3 Å². The molecule has 1 fully saturated rings. The highest BCUT2D eigenvalue weighted by Gasteiger charge is 2.21. The van der Waals surface area contributed by atoms with Crippen LogP contribution in [0.15, 0.2) is 18.2 Å². The summed E-state index contributed by atoms with van der Waals surface area (Å²) in [5.74, 6) is -0.567. The van der Waals surface area contributed by atoms with Gasteiger partial charge in [0.1, 0.15) is 0 Å². The first-order chi connectivity index (χ1) is 9.47. The molecule has 1 aliphatic rings. The lowest BCUT2D eigenvalue weighted by Crippen LogP contribution is -2.48. The van der Waals surface area contributed by atoms with Gasteiger partial charge in [0, 0.05) is 38.8 Å². The molecular weight excluding hydrogens is 265 g/mol. The van der Waals surface area contributed by atoms with E-state index in [1.807, 2.05) is 4.90 Å². The Balaban J connectivity index is 2.02. The van der Waals surface area contributed by atoms with Crippen LogP contribution in [0.3, 0.4) is 0 Å². The molecule has 7 heteroatoms. The van der Waals surface area contributed by atoms with Crippen molar-refractivity contribution >= 4 is 11.4 Å². The van der Waals surface area contributed by atoms with Crippen molar-refractivity contribution in [2.75, 3.05) is 37.6 Å². The number of rotatable bonds is 4. The van der Waals surface area contributed by atoms with E-state index in [9.17, 15) is 19.6 Å². The van der Waals surface area contributed by atoms with Crippen LogP contribution in [0.4, 0.5) is 15.8 Å². The Morgan fingerprint density at radius 1 is 1.40 bits per heavy atom. The fourth-order valence-electron chi connectivity index (χ4n) is 2.41. The molecule has 0 saturated carbocycles. The molecule has 0 radical (unpaired) electrons. The monoisotopic (exact) mass is 283 g/mol. The maximum absolute atomic E-state index is 13.9. The summed E-state index contributed by atoms with van der Waals surface area (Å²) in [5.41, 5.74) is 0.159. The lowest BCUT2D eigenvalue weighted by atomic mass is 10.2. The summed E-state index contributed by atoms with van der Waals surface area (Å²) in [6, 6.07) is 3.73. The standard InChI is InChI=1S/C13H18FN3O3/c1-10(18)9-15-4-6-16(7-5-15)13-3-2-11(17(19)20)8-12(13)14/h2-3,8,10,18H,4-7,9H2,1H3/t10-/m1/s1. The Bertz CT molecular complexity index is 488. The molecular formula is C13H18FN3O3. The maximum atomic E-state index is 13.9. The number of nitro benzene ring substituents is 1. The molecule has 1 atom stereocenters. The van der Waals surface area contributed by atoms with Crippen molar-refractivity contribution in [3.8, 4) is 0 Å². The zero-order valence-electron chi connectivity index (χ0n) is 11.3. The summed E-state index contributed by atoms with van der Waals surface area (Å²) in [5, 5.41) is 19.9. The number of anilines is 1. The van der Waals surface area contributed by atoms with Crippen LogP contribution < -0.4 is 4.90 Å². The molecule has 0 spiro atoms. The Morgan fingerprint density at radius 3 is 2.55 bits per heavy atom. The number of nitrogens with zero attached hydrogens (tertiary/aromatic N) is 3.